The van der Waals surface area contributed by atoms with Crippen molar-refractivity contribution in [3.05, 3.63) is 106 Å². The molecule has 2 atom stereocenters. The van der Waals surface area contributed by atoms with Crippen molar-refractivity contribution >= 4 is 57.6 Å². The molecule has 3 heterocycles. The zero-order chi connectivity index (χ0) is 33.2. The lowest BCUT2D eigenvalue weighted by Gasteiger charge is -2.42. The van der Waals surface area contributed by atoms with E-state index in [1.807, 2.05) is 83.6 Å². The summed E-state index contributed by atoms with van der Waals surface area (Å²) < 4.78 is 0. The molecule has 48 heavy (non-hydrogen) atoms. The molecule has 3 aromatic carbocycles. The predicted octanol–water partition coefficient (Wildman–Crippen LogP) is 4.25. The Bertz CT molecular complexity index is 2360. The number of aromatic nitrogens is 3. The number of amides is 1. The number of rotatable bonds is 5. The molecule has 0 radical (unpaired) electrons. The molecule has 0 spiro atoms. The van der Waals surface area contributed by atoms with Crippen molar-refractivity contribution in [1.29, 1.82) is 5.26 Å². The van der Waals surface area contributed by atoms with Crippen LogP contribution in [0.1, 0.15) is 35.3 Å². The van der Waals surface area contributed by atoms with E-state index in [-0.39, 0.29) is 30.7 Å². The lowest BCUT2D eigenvalue weighted by Crippen LogP contribution is -2.59. The van der Waals surface area contributed by atoms with E-state index in [2.05, 4.69) is 26.3 Å². The molecule has 234 valence electrons. The Balaban J connectivity index is 1.11. The fourth-order valence-electron chi connectivity index (χ4n) is 7.01. The number of fused-ring (bicyclic) bond motifs is 6. The zero-order valence-electron chi connectivity index (χ0n) is 26.0. The molecule has 2 aliphatic carbocycles. The van der Waals surface area contributed by atoms with E-state index in [1.54, 1.807) is 24.4 Å². The van der Waals surface area contributed by atoms with Gasteiger partial charge < -0.3 is 15.1 Å². The molecule has 11 heteroatoms. The van der Waals surface area contributed by atoms with Crippen LogP contribution in [0.5, 0.6) is 0 Å². The summed E-state index contributed by atoms with van der Waals surface area (Å²) in [6, 6.07) is 20.8. The Morgan fingerprint density at radius 2 is 1.85 bits per heavy atom. The summed E-state index contributed by atoms with van der Waals surface area (Å²) in [5, 5.41) is 15.9. The van der Waals surface area contributed by atoms with Crippen LogP contribution in [0.2, 0.25) is 0 Å². The minimum Gasteiger partial charge on any atom is -0.340 e. The molecule has 5 aromatic rings. The van der Waals surface area contributed by atoms with Gasteiger partial charge in [-0.1, -0.05) is 61.5 Å². The third-order valence-electron chi connectivity index (χ3n) is 9.40. The van der Waals surface area contributed by atoms with Crippen molar-refractivity contribution in [2.75, 3.05) is 28.3 Å². The molecule has 8 rings (SSSR count). The maximum Gasteiger partial charge on any atom is 0.245 e. The number of anilines is 3. The highest BCUT2D eigenvalue weighted by Gasteiger charge is 2.50. The SMILES string of the molecule is CC1C=c2c(ccc3c2=CC(=O)c2ccccc2-3)C(C)(N2CN(CC(=O)Nc3nc(-c4ccc(C#N)cc4)cs3)c3cncnc32)C1=O. The second kappa shape index (κ2) is 11.1. The number of thiazole rings is 1. The van der Waals surface area contributed by atoms with Gasteiger partial charge in [0.05, 0.1) is 36.7 Å². The normalized spacial score (nSPS) is 18.9. The van der Waals surface area contributed by atoms with E-state index in [9.17, 15) is 14.4 Å². The molecule has 10 nitrogen and oxygen atoms in total. The average molecular weight is 650 g/mol. The molecule has 1 amide bonds. The summed E-state index contributed by atoms with van der Waals surface area (Å²) in [4.78, 5) is 58.1. The number of nitrogens with one attached hydrogen (secondary N) is 1. The van der Waals surface area contributed by atoms with E-state index >= 15 is 0 Å². The Labute approximate surface area is 279 Å². The first kappa shape index (κ1) is 29.4. The van der Waals surface area contributed by atoms with Gasteiger partial charge in [0.15, 0.2) is 22.5 Å². The molecule has 1 aliphatic heterocycles. The number of nitrogens with zero attached hydrogens (tertiary/aromatic N) is 6. The summed E-state index contributed by atoms with van der Waals surface area (Å²) in [6.07, 6.45) is 6.74. The van der Waals surface area contributed by atoms with E-state index in [0.717, 1.165) is 32.7 Å². The lowest BCUT2D eigenvalue weighted by atomic mass is 9.73. The van der Waals surface area contributed by atoms with Gasteiger partial charge in [-0.25, -0.2) is 15.0 Å². The van der Waals surface area contributed by atoms with E-state index in [4.69, 9.17) is 5.26 Å². The number of nitriles is 1. The number of ketones is 2. The molecule has 2 unspecified atom stereocenters. The molecule has 0 saturated carbocycles. The van der Waals surface area contributed by atoms with Crippen LogP contribution in [-0.4, -0.2) is 45.6 Å². The Morgan fingerprint density at radius 3 is 2.65 bits per heavy atom. The van der Waals surface area contributed by atoms with Gasteiger partial charge in [0.25, 0.3) is 0 Å². The fraction of sp³-hybridized carbons (Fsp3) is 0.162. The van der Waals surface area contributed by atoms with Crippen molar-refractivity contribution in [3.8, 4) is 28.5 Å². The Kier molecular flexibility index (Phi) is 6.78. The first-order valence-corrected chi connectivity index (χ1v) is 16.3. The standard InChI is InChI=1S/C37H27N7O3S/c1-21-13-28-27-14-32(45)26-6-4-3-5-24(26)25(27)11-12-29(28)37(2,34(21)47)44-20-43(31-16-39-19-40-35(31)44)17-33(46)42-36-41-30(18-48-36)23-9-7-22(15-38)8-10-23/h3-14,16,18-19,21H,17,20H2,1-2H3,(H,41,42,46). The van der Waals surface area contributed by atoms with Crippen molar-refractivity contribution in [2.45, 2.75) is 19.4 Å². The minimum absolute atomic E-state index is 0.00790. The van der Waals surface area contributed by atoms with Gasteiger partial charge in [-0.2, -0.15) is 5.26 Å². The van der Waals surface area contributed by atoms with Crippen LogP contribution in [0.25, 0.3) is 34.5 Å². The molecular formula is C37H27N7O3S. The van der Waals surface area contributed by atoms with Gasteiger partial charge in [0.1, 0.15) is 17.6 Å². The second-order valence-electron chi connectivity index (χ2n) is 12.2. The first-order valence-electron chi connectivity index (χ1n) is 15.4. The highest BCUT2D eigenvalue weighted by atomic mass is 32.1. The topological polar surface area (TPSA) is 132 Å². The largest absolute Gasteiger partial charge is 0.340 e. The highest BCUT2D eigenvalue weighted by Crippen LogP contribution is 2.44. The highest BCUT2D eigenvalue weighted by molar-refractivity contribution is 7.14. The summed E-state index contributed by atoms with van der Waals surface area (Å²) in [5.74, 6) is -0.240. The van der Waals surface area contributed by atoms with Gasteiger partial charge in [-0.15, -0.1) is 11.3 Å². The van der Waals surface area contributed by atoms with Crippen LogP contribution in [-0.2, 0) is 15.1 Å². The average Bonchev–Trinajstić information content (AvgIpc) is 3.72. The Hall–Kier alpha value is -5.99. The van der Waals surface area contributed by atoms with Gasteiger partial charge in [-0.3, -0.25) is 14.4 Å². The number of carbonyl (C=O) groups is 3. The quantitative estimate of drug-likeness (QED) is 0.297. The maximum absolute atomic E-state index is 14.2. The lowest BCUT2D eigenvalue weighted by molar-refractivity contribution is -0.126. The molecule has 3 aliphatic rings. The number of benzene rings is 3. The summed E-state index contributed by atoms with van der Waals surface area (Å²) >= 11 is 1.31. The van der Waals surface area contributed by atoms with E-state index in [0.29, 0.717) is 33.5 Å². The van der Waals surface area contributed by atoms with Crippen molar-refractivity contribution < 1.29 is 14.4 Å². The summed E-state index contributed by atoms with van der Waals surface area (Å²) in [7, 11) is 0. The monoisotopic (exact) mass is 649 g/mol. The third-order valence-corrected chi connectivity index (χ3v) is 10.2. The molecule has 1 N–H and O–H groups in total. The predicted molar refractivity (Wildman–Crippen MR) is 184 cm³/mol. The van der Waals surface area contributed by atoms with Crippen LogP contribution in [0.4, 0.5) is 16.6 Å². The first-order chi connectivity index (χ1) is 23.3. The van der Waals surface area contributed by atoms with Crippen LogP contribution in [0.3, 0.4) is 0 Å². The molecule has 0 bridgehead atoms. The van der Waals surface area contributed by atoms with Gasteiger partial charge >= 0.3 is 0 Å². The number of hydrogen-bond donors (Lipinski definition) is 1. The second-order valence-corrected chi connectivity index (χ2v) is 13.1. The zero-order valence-corrected chi connectivity index (χ0v) is 26.8. The van der Waals surface area contributed by atoms with E-state index < -0.39 is 11.5 Å². The third kappa shape index (κ3) is 4.52. The molecular weight excluding hydrogens is 623 g/mol. The Morgan fingerprint density at radius 1 is 1.06 bits per heavy atom. The van der Waals surface area contributed by atoms with Crippen LogP contribution in [0.15, 0.2) is 78.6 Å². The number of hydrogen-bond acceptors (Lipinski definition) is 10. The van der Waals surface area contributed by atoms with Crippen molar-refractivity contribution in [2.24, 2.45) is 5.92 Å². The van der Waals surface area contributed by atoms with Gasteiger partial charge in [0, 0.05) is 22.4 Å². The molecule has 0 saturated heterocycles. The minimum atomic E-state index is -1.15. The molecule has 0 fully saturated rings. The summed E-state index contributed by atoms with van der Waals surface area (Å²) in [6.45, 7) is 3.97. The maximum atomic E-state index is 14.2. The van der Waals surface area contributed by atoms with Crippen molar-refractivity contribution in [1.82, 2.24) is 15.0 Å². The summed E-state index contributed by atoms with van der Waals surface area (Å²) in [5.41, 5.74) is 4.86. The van der Waals surface area contributed by atoms with Crippen LogP contribution < -0.4 is 25.6 Å². The number of Topliss-reactive ketones (excluding diaryl/α,β-unsaturated/α-hetero) is 2. The fourth-order valence-corrected chi connectivity index (χ4v) is 7.75. The van der Waals surface area contributed by atoms with Crippen LogP contribution >= 0.6 is 11.3 Å². The molecule has 2 aromatic heterocycles. The van der Waals surface area contributed by atoms with Gasteiger partial charge in [-0.05, 0) is 52.3 Å². The number of carbonyl (C=O) groups excluding carboxylic acids is 3. The van der Waals surface area contributed by atoms with Crippen LogP contribution in [0, 0.1) is 17.2 Å². The smallest absolute Gasteiger partial charge is 0.245 e. The van der Waals surface area contributed by atoms with Crippen molar-refractivity contribution in [3.63, 3.8) is 0 Å². The van der Waals surface area contributed by atoms with Gasteiger partial charge in [0.2, 0.25) is 5.91 Å². The van der Waals surface area contributed by atoms with E-state index in [1.165, 1.54) is 17.7 Å².